The fourth-order valence-corrected chi connectivity index (χ4v) is 2.43. The molecule has 0 N–H and O–H groups in total. The van der Waals surface area contributed by atoms with Crippen molar-refractivity contribution in [3.63, 3.8) is 0 Å². The van der Waals surface area contributed by atoms with Crippen molar-refractivity contribution in [3.8, 4) is 23.1 Å². The molecule has 1 aromatic carbocycles. The maximum atomic E-state index is 10.8. The van der Waals surface area contributed by atoms with Crippen LogP contribution in [0.1, 0.15) is 21.5 Å². The monoisotopic (exact) mass is 324 g/mol. The highest BCUT2D eigenvalue weighted by Gasteiger charge is 2.06. The average molecular weight is 324 g/mol. The third kappa shape index (κ3) is 3.01. The lowest BCUT2D eigenvalue weighted by Gasteiger charge is -2.02. The van der Waals surface area contributed by atoms with Crippen LogP contribution in [0.2, 0.25) is 0 Å². The summed E-state index contributed by atoms with van der Waals surface area (Å²) in [5, 5.41) is 4.29. The summed E-state index contributed by atoms with van der Waals surface area (Å²) in [6, 6.07) is 12.9. The molecule has 0 saturated carbocycles. The maximum Gasteiger partial charge on any atom is 0.171 e. The fraction of sp³-hybridized carbons (Fsp3) is 0. The van der Waals surface area contributed by atoms with Crippen LogP contribution in [-0.2, 0) is 0 Å². The van der Waals surface area contributed by atoms with Gasteiger partial charge >= 0.3 is 0 Å². The molecule has 0 aliphatic heterocycles. The molecule has 0 atom stereocenters. The molecular formula is C20H12N4O. The summed E-state index contributed by atoms with van der Waals surface area (Å²) in [6.07, 6.45) is 7.79. The Hall–Kier alpha value is -3.78. The molecule has 0 radical (unpaired) electrons. The number of hydrogen-bond acceptors (Lipinski definition) is 4. The minimum absolute atomic E-state index is 0.637. The van der Waals surface area contributed by atoms with Crippen molar-refractivity contribution < 1.29 is 4.79 Å². The number of carbonyl (C=O) groups is 1. The first-order chi connectivity index (χ1) is 12.3. The van der Waals surface area contributed by atoms with Gasteiger partial charge in [0.15, 0.2) is 5.65 Å². The Morgan fingerprint density at radius 2 is 1.76 bits per heavy atom. The largest absolute Gasteiger partial charge is 0.298 e. The second kappa shape index (κ2) is 6.38. The molecular weight excluding hydrogens is 312 g/mol. The molecule has 3 heterocycles. The lowest BCUT2D eigenvalue weighted by atomic mass is 10.1. The van der Waals surface area contributed by atoms with Crippen molar-refractivity contribution in [1.29, 1.82) is 0 Å². The second-order valence-electron chi connectivity index (χ2n) is 5.36. The molecule has 118 valence electrons. The van der Waals surface area contributed by atoms with E-state index in [0.717, 1.165) is 28.7 Å². The number of aromatic nitrogens is 4. The van der Waals surface area contributed by atoms with E-state index in [2.05, 4.69) is 26.9 Å². The molecule has 0 fully saturated rings. The van der Waals surface area contributed by atoms with Gasteiger partial charge in [0.1, 0.15) is 6.29 Å². The molecule has 0 aliphatic carbocycles. The van der Waals surface area contributed by atoms with E-state index in [1.54, 1.807) is 35.2 Å². The van der Waals surface area contributed by atoms with Gasteiger partial charge in [-0.25, -0.2) is 9.50 Å². The van der Waals surface area contributed by atoms with E-state index in [1.165, 1.54) is 0 Å². The van der Waals surface area contributed by atoms with Gasteiger partial charge in [0, 0.05) is 35.3 Å². The highest BCUT2D eigenvalue weighted by atomic mass is 16.1. The molecule has 3 aromatic heterocycles. The van der Waals surface area contributed by atoms with Crippen LogP contribution < -0.4 is 0 Å². The van der Waals surface area contributed by atoms with Gasteiger partial charge in [0.2, 0.25) is 0 Å². The van der Waals surface area contributed by atoms with Gasteiger partial charge in [0.25, 0.3) is 0 Å². The summed E-state index contributed by atoms with van der Waals surface area (Å²) >= 11 is 0. The highest BCUT2D eigenvalue weighted by molar-refractivity contribution is 5.76. The van der Waals surface area contributed by atoms with Crippen LogP contribution >= 0.6 is 0 Å². The van der Waals surface area contributed by atoms with Crippen LogP contribution in [0.3, 0.4) is 0 Å². The van der Waals surface area contributed by atoms with Gasteiger partial charge in [0.05, 0.1) is 17.5 Å². The van der Waals surface area contributed by atoms with E-state index >= 15 is 0 Å². The summed E-state index contributed by atoms with van der Waals surface area (Å²) < 4.78 is 1.69. The van der Waals surface area contributed by atoms with Crippen LogP contribution in [0.25, 0.3) is 16.9 Å². The van der Waals surface area contributed by atoms with E-state index in [0.29, 0.717) is 11.2 Å². The topological polar surface area (TPSA) is 60.2 Å². The Labute approximate surface area is 144 Å². The number of carbonyl (C=O) groups excluding carboxylic acids is 1. The van der Waals surface area contributed by atoms with Crippen molar-refractivity contribution >= 4 is 11.9 Å². The first-order valence-electron chi connectivity index (χ1n) is 7.65. The number of rotatable bonds is 2. The normalized spacial score (nSPS) is 10.2. The van der Waals surface area contributed by atoms with E-state index in [-0.39, 0.29) is 0 Å². The third-order valence-electron chi connectivity index (χ3n) is 3.73. The lowest BCUT2D eigenvalue weighted by molar-refractivity contribution is 0.112. The zero-order valence-electron chi connectivity index (χ0n) is 13.1. The standard InChI is InChI=1S/C20H12N4O/c25-14-16-2-4-17(5-3-16)19-9-12-24-20(23-19)18(13-22-24)6-1-15-7-10-21-11-8-15/h2-5,7-14H. The zero-order valence-corrected chi connectivity index (χ0v) is 13.1. The highest BCUT2D eigenvalue weighted by Crippen LogP contribution is 2.19. The summed E-state index contributed by atoms with van der Waals surface area (Å²) in [7, 11) is 0. The van der Waals surface area contributed by atoms with E-state index < -0.39 is 0 Å². The first kappa shape index (κ1) is 14.8. The van der Waals surface area contributed by atoms with Crippen molar-refractivity contribution in [2.24, 2.45) is 0 Å². The molecule has 4 rings (SSSR count). The van der Waals surface area contributed by atoms with Gasteiger partial charge in [-0.15, -0.1) is 0 Å². The quantitative estimate of drug-likeness (QED) is 0.420. The Morgan fingerprint density at radius 1 is 0.960 bits per heavy atom. The SMILES string of the molecule is O=Cc1ccc(-c2ccn3ncc(C#Cc4ccncc4)c3n2)cc1. The molecule has 5 heteroatoms. The Balaban J connectivity index is 1.75. The number of nitrogens with zero attached hydrogens (tertiary/aromatic N) is 4. The molecule has 0 amide bonds. The number of pyridine rings is 1. The number of benzene rings is 1. The van der Waals surface area contributed by atoms with Gasteiger partial charge in [-0.05, 0) is 18.2 Å². The Kier molecular flexibility index (Phi) is 3.77. The molecule has 0 aliphatic rings. The van der Waals surface area contributed by atoms with Gasteiger partial charge in [-0.2, -0.15) is 5.10 Å². The molecule has 0 bridgehead atoms. The predicted molar refractivity (Wildman–Crippen MR) is 94.0 cm³/mol. The van der Waals surface area contributed by atoms with E-state index in [4.69, 9.17) is 0 Å². The van der Waals surface area contributed by atoms with Crippen molar-refractivity contribution in [2.45, 2.75) is 0 Å². The molecule has 0 spiro atoms. The molecule has 0 saturated heterocycles. The van der Waals surface area contributed by atoms with Crippen LogP contribution in [0.5, 0.6) is 0 Å². The predicted octanol–water partition coefficient (Wildman–Crippen LogP) is 3.00. The Bertz CT molecular complexity index is 1100. The van der Waals surface area contributed by atoms with Gasteiger partial charge in [-0.1, -0.05) is 36.1 Å². The average Bonchev–Trinajstić information content (AvgIpc) is 3.09. The van der Waals surface area contributed by atoms with Gasteiger partial charge in [-0.3, -0.25) is 9.78 Å². The molecule has 5 nitrogen and oxygen atoms in total. The van der Waals surface area contributed by atoms with Crippen LogP contribution in [-0.4, -0.2) is 25.9 Å². The lowest BCUT2D eigenvalue weighted by Crippen LogP contribution is -1.93. The summed E-state index contributed by atoms with van der Waals surface area (Å²) in [5.74, 6) is 6.20. The Morgan fingerprint density at radius 3 is 2.52 bits per heavy atom. The van der Waals surface area contributed by atoms with Crippen molar-refractivity contribution in [1.82, 2.24) is 19.6 Å². The van der Waals surface area contributed by atoms with E-state index in [9.17, 15) is 4.79 Å². The minimum atomic E-state index is 0.637. The molecule has 25 heavy (non-hydrogen) atoms. The smallest absolute Gasteiger partial charge is 0.171 e. The first-order valence-corrected chi connectivity index (χ1v) is 7.65. The fourth-order valence-electron chi connectivity index (χ4n) is 2.43. The van der Waals surface area contributed by atoms with Crippen LogP contribution in [0.15, 0.2) is 67.3 Å². The minimum Gasteiger partial charge on any atom is -0.298 e. The summed E-state index contributed by atoms with van der Waals surface area (Å²) in [5.41, 5.74) is 4.70. The van der Waals surface area contributed by atoms with Crippen LogP contribution in [0, 0.1) is 11.8 Å². The van der Waals surface area contributed by atoms with Crippen molar-refractivity contribution in [2.75, 3.05) is 0 Å². The van der Waals surface area contributed by atoms with Crippen LogP contribution in [0.4, 0.5) is 0 Å². The number of fused-ring (bicyclic) bond motifs is 1. The molecule has 4 aromatic rings. The zero-order chi connectivity index (χ0) is 17.1. The molecule has 0 unspecified atom stereocenters. The second-order valence-corrected chi connectivity index (χ2v) is 5.36. The van der Waals surface area contributed by atoms with Gasteiger partial charge < -0.3 is 0 Å². The maximum absolute atomic E-state index is 10.8. The number of aldehydes is 1. The third-order valence-corrected chi connectivity index (χ3v) is 3.73. The van der Waals surface area contributed by atoms with E-state index in [1.807, 2.05) is 36.5 Å². The summed E-state index contributed by atoms with van der Waals surface area (Å²) in [4.78, 5) is 19.4. The van der Waals surface area contributed by atoms with Crippen molar-refractivity contribution in [3.05, 3.63) is 83.9 Å². The summed E-state index contributed by atoms with van der Waals surface area (Å²) in [6.45, 7) is 0. The number of hydrogen-bond donors (Lipinski definition) is 0.